The van der Waals surface area contributed by atoms with Crippen LogP contribution in [0, 0.1) is 31.1 Å². The Morgan fingerprint density at radius 1 is 1.08 bits per heavy atom. The SMILES string of the molecule is Cc1cccc(N/C=C(\C#N)[C@@H]2C(=O)C=C[C@@H]2Nc2cccc(C)c2)c1. The predicted octanol–water partition coefficient (Wildman–Crippen LogP) is 4.36. The Bertz CT molecular complexity index is 921. The Morgan fingerprint density at radius 3 is 2.38 bits per heavy atom. The first kappa shape index (κ1) is 17.5. The Hall–Kier alpha value is -3.32. The molecule has 4 heteroatoms. The molecule has 2 aromatic rings. The van der Waals surface area contributed by atoms with Crippen LogP contribution in [0.25, 0.3) is 0 Å². The molecule has 0 radical (unpaired) electrons. The van der Waals surface area contributed by atoms with Crippen LogP contribution >= 0.6 is 0 Å². The molecule has 0 spiro atoms. The summed E-state index contributed by atoms with van der Waals surface area (Å²) in [5.41, 5.74) is 4.49. The molecule has 0 saturated heterocycles. The smallest absolute Gasteiger partial charge is 0.166 e. The van der Waals surface area contributed by atoms with E-state index in [4.69, 9.17) is 0 Å². The highest BCUT2D eigenvalue weighted by molar-refractivity contribution is 5.98. The largest absolute Gasteiger partial charge is 0.378 e. The number of allylic oxidation sites excluding steroid dienone is 1. The van der Waals surface area contributed by atoms with Crippen molar-refractivity contribution in [2.75, 3.05) is 10.6 Å². The second-order valence-corrected chi connectivity index (χ2v) is 6.50. The van der Waals surface area contributed by atoms with Gasteiger partial charge in [0.1, 0.15) is 0 Å². The van der Waals surface area contributed by atoms with Crippen molar-refractivity contribution in [1.82, 2.24) is 0 Å². The van der Waals surface area contributed by atoms with Crippen molar-refractivity contribution in [2.45, 2.75) is 19.9 Å². The maximum Gasteiger partial charge on any atom is 0.166 e. The number of carbonyl (C=O) groups excluding carboxylic acids is 1. The van der Waals surface area contributed by atoms with Crippen LogP contribution in [0.5, 0.6) is 0 Å². The molecule has 0 fully saturated rings. The van der Waals surface area contributed by atoms with E-state index in [0.717, 1.165) is 22.5 Å². The Morgan fingerprint density at radius 2 is 1.73 bits per heavy atom. The van der Waals surface area contributed by atoms with Crippen molar-refractivity contribution >= 4 is 17.2 Å². The lowest BCUT2D eigenvalue weighted by Gasteiger charge is -2.20. The summed E-state index contributed by atoms with van der Waals surface area (Å²) in [4.78, 5) is 12.4. The minimum atomic E-state index is -0.530. The van der Waals surface area contributed by atoms with Gasteiger partial charge in [0.15, 0.2) is 5.78 Å². The van der Waals surface area contributed by atoms with E-state index < -0.39 is 5.92 Å². The Balaban J connectivity index is 1.80. The van der Waals surface area contributed by atoms with E-state index >= 15 is 0 Å². The van der Waals surface area contributed by atoms with Crippen molar-refractivity contribution < 1.29 is 4.79 Å². The van der Waals surface area contributed by atoms with Crippen molar-refractivity contribution in [1.29, 1.82) is 5.26 Å². The first-order valence-electron chi connectivity index (χ1n) is 8.55. The van der Waals surface area contributed by atoms with E-state index in [1.165, 1.54) is 0 Å². The van der Waals surface area contributed by atoms with Crippen LogP contribution in [0.2, 0.25) is 0 Å². The molecule has 3 rings (SSSR count). The molecule has 1 aliphatic rings. The summed E-state index contributed by atoms with van der Waals surface area (Å²) in [7, 11) is 0. The monoisotopic (exact) mass is 343 g/mol. The van der Waals surface area contributed by atoms with Crippen LogP contribution in [0.1, 0.15) is 11.1 Å². The minimum Gasteiger partial charge on any atom is -0.378 e. The summed E-state index contributed by atoms with van der Waals surface area (Å²) in [6.07, 6.45) is 5.01. The standard InChI is InChI=1S/C22H21N3O/c1-15-5-3-7-18(11-15)24-14-17(13-23)22-20(9-10-21(22)26)25-19-8-4-6-16(2)12-19/h3-12,14,20,22,24-25H,1-2H3/b17-14+/t20-,22-/m0/s1. The van der Waals surface area contributed by atoms with Gasteiger partial charge in [-0.15, -0.1) is 0 Å². The summed E-state index contributed by atoms with van der Waals surface area (Å²) < 4.78 is 0. The van der Waals surface area contributed by atoms with Gasteiger partial charge >= 0.3 is 0 Å². The molecule has 130 valence electrons. The molecule has 4 nitrogen and oxygen atoms in total. The van der Waals surface area contributed by atoms with Crippen LogP contribution < -0.4 is 10.6 Å². The summed E-state index contributed by atoms with van der Waals surface area (Å²) in [5, 5.41) is 16.1. The quantitative estimate of drug-likeness (QED) is 0.792. The fourth-order valence-corrected chi connectivity index (χ4v) is 3.08. The molecule has 2 aromatic carbocycles. The van der Waals surface area contributed by atoms with Gasteiger partial charge in [-0.05, 0) is 55.3 Å². The number of aryl methyl sites for hydroxylation is 2. The first-order valence-corrected chi connectivity index (χ1v) is 8.55. The number of hydrogen-bond acceptors (Lipinski definition) is 4. The van der Waals surface area contributed by atoms with Crippen molar-refractivity contribution in [2.24, 2.45) is 5.92 Å². The van der Waals surface area contributed by atoms with E-state index in [2.05, 4.69) is 16.7 Å². The number of nitriles is 1. The number of anilines is 2. The summed E-state index contributed by atoms with van der Waals surface area (Å²) >= 11 is 0. The molecule has 0 aromatic heterocycles. The van der Waals surface area contributed by atoms with Gasteiger partial charge in [-0.2, -0.15) is 5.26 Å². The van der Waals surface area contributed by atoms with Crippen LogP contribution in [-0.2, 0) is 4.79 Å². The lowest BCUT2D eigenvalue weighted by Crippen LogP contribution is -2.29. The number of ketones is 1. The third kappa shape index (κ3) is 4.01. The van der Waals surface area contributed by atoms with Crippen LogP contribution in [0.4, 0.5) is 11.4 Å². The number of nitrogens with one attached hydrogen (secondary N) is 2. The topological polar surface area (TPSA) is 64.9 Å². The fourth-order valence-electron chi connectivity index (χ4n) is 3.08. The lowest BCUT2D eigenvalue weighted by atomic mass is 9.93. The summed E-state index contributed by atoms with van der Waals surface area (Å²) in [5.74, 6) is -0.591. The highest BCUT2D eigenvalue weighted by Crippen LogP contribution is 2.27. The van der Waals surface area contributed by atoms with Crippen molar-refractivity contribution in [3.05, 3.63) is 83.6 Å². The second kappa shape index (κ2) is 7.71. The maximum absolute atomic E-state index is 12.4. The van der Waals surface area contributed by atoms with Gasteiger partial charge in [0.25, 0.3) is 0 Å². The number of benzene rings is 2. The van der Waals surface area contributed by atoms with E-state index in [9.17, 15) is 10.1 Å². The lowest BCUT2D eigenvalue weighted by molar-refractivity contribution is -0.116. The van der Waals surface area contributed by atoms with Gasteiger partial charge in [-0.1, -0.05) is 30.3 Å². The number of rotatable bonds is 5. The normalized spacial score (nSPS) is 19.3. The number of hydrogen-bond donors (Lipinski definition) is 2. The Kier molecular flexibility index (Phi) is 5.19. The van der Waals surface area contributed by atoms with E-state index in [0.29, 0.717) is 5.57 Å². The van der Waals surface area contributed by atoms with Gasteiger partial charge in [0.2, 0.25) is 0 Å². The molecule has 0 aliphatic heterocycles. The van der Waals surface area contributed by atoms with Crippen molar-refractivity contribution in [3.8, 4) is 6.07 Å². The molecular formula is C22H21N3O. The molecule has 0 amide bonds. The van der Waals surface area contributed by atoms with Crippen LogP contribution in [-0.4, -0.2) is 11.8 Å². The molecule has 0 unspecified atom stereocenters. The molecule has 2 atom stereocenters. The van der Waals surface area contributed by atoms with Gasteiger partial charge in [0.05, 0.1) is 23.6 Å². The molecule has 0 bridgehead atoms. The molecule has 0 saturated carbocycles. The fraction of sp³-hybridized carbons (Fsp3) is 0.182. The third-order valence-electron chi connectivity index (χ3n) is 4.36. The van der Waals surface area contributed by atoms with Crippen LogP contribution in [0.15, 0.2) is 72.5 Å². The summed E-state index contributed by atoms with van der Waals surface area (Å²) in [6, 6.07) is 17.8. The highest BCUT2D eigenvalue weighted by Gasteiger charge is 2.33. The van der Waals surface area contributed by atoms with Gasteiger partial charge < -0.3 is 10.6 Å². The van der Waals surface area contributed by atoms with Crippen molar-refractivity contribution in [3.63, 3.8) is 0 Å². The molecule has 1 aliphatic carbocycles. The minimum absolute atomic E-state index is 0.0611. The molecule has 2 N–H and O–H groups in total. The van der Waals surface area contributed by atoms with E-state index in [-0.39, 0.29) is 11.8 Å². The number of nitrogens with zero attached hydrogens (tertiary/aromatic N) is 1. The van der Waals surface area contributed by atoms with Gasteiger partial charge in [-0.25, -0.2) is 0 Å². The van der Waals surface area contributed by atoms with Gasteiger partial charge in [0, 0.05) is 17.6 Å². The zero-order valence-electron chi connectivity index (χ0n) is 14.9. The zero-order chi connectivity index (χ0) is 18.5. The zero-order valence-corrected chi connectivity index (χ0v) is 14.9. The first-order chi connectivity index (χ1) is 12.6. The summed E-state index contributed by atoms with van der Waals surface area (Å²) in [6.45, 7) is 4.02. The second-order valence-electron chi connectivity index (χ2n) is 6.50. The number of carbonyl (C=O) groups is 1. The Labute approximate surface area is 153 Å². The van der Waals surface area contributed by atoms with E-state index in [1.54, 1.807) is 12.3 Å². The third-order valence-corrected chi connectivity index (χ3v) is 4.36. The average Bonchev–Trinajstić information content (AvgIpc) is 2.96. The van der Waals surface area contributed by atoms with E-state index in [1.807, 2.05) is 68.5 Å². The molecular weight excluding hydrogens is 322 g/mol. The highest BCUT2D eigenvalue weighted by atomic mass is 16.1. The van der Waals surface area contributed by atoms with Gasteiger partial charge in [-0.3, -0.25) is 4.79 Å². The molecule has 26 heavy (non-hydrogen) atoms. The maximum atomic E-state index is 12.4. The molecule has 0 heterocycles. The average molecular weight is 343 g/mol. The van der Waals surface area contributed by atoms with Crippen LogP contribution in [0.3, 0.4) is 0 Å². The predicted molar refractivity (Wildman–Crippen MR) is 105 cm³/mol.